The normalized spacial score (nSPS) is 45.3. The van der Waals surface area contributed by atoms with Crippen molar-refractivity contribution in [2.24, 2.45) is 11.7 Å². The Morgan fingerprint density at radius 1 is 1.50 bits per heavy atom. The number of carbonyl (C=O) groups excluding carboxylic acids is 1. The summed E-state index contributed by atoms with van der Waals surface area (Å²) in [6.45, 7) is 0. The number of nitrogens with two attached hydrogens (primary N) is 1. The van der Waals surface area contributed by atoms with Crippen LogP contribution in [0.25, 0.3) is 0 Å². The zero-order valence-corrected chi connectivity index (χ0v) is 5.75. The fourth-order valence-electron chi connectivity index (χ4n) is 1.91. The van der Waals surface area contributed by atoms with Crippen LogP contribution in [0.3, 0.4) is 0 Å². The van der Waals surface area contributed by atoms with Gasteiger partial charge in [-0.2, -0.15) is 0 Å². The molecule has 1 saturated carbocycles. The van der Waals surface area contributed by atoms with Gasteiger partial charge in [0.2, 0.25) is 0 Å². The van der Waals surface area contributed by atoms with Gasteiger partial charge in [-0.1, -0.05) is 0 Å². The maximum atomic E-state index is 10.8. The Bertz CT molecular complexity index is 169. The van der Waals surface area contributed by atoms with Gasteiger partial charge in [0.25, 0.3) is 0 Å². The number of rotatable bonds is 0. The molecule has 0 bridgehead atoms. The summed E-state index contributed by atoms with van der Waals surface area (Å²) in [5.74, 6) is 0.127. The number of hydrogen-bond donors (Lipinski definition) is 1. The smallest absolute Gasteiger partial charge is 0.323 e. The van der Waals surface area contributed by atoms with Gasteiger partial charge in [0.1, 0.15) is 12.1 Å². The molecular weight excluding hydrogens is 130 g/mol. The van der Waals surface area contributed by atoms with Gasteiger partial charge in [-0.25, -0.2) is 0 Å². The summed E-state index contributed by atoms with van der Waals surface area (Å²) in [6, 6.07) is -0.326. The highest BCUT2D eigenvalue weighted by atomic mass is 16.6. The van der Waals surface area contributed by atoms with E-state index < -0.39 is 0 Å². The maximum Gasteiger partial charge on any atom is 0.323 e. The summed E-state index contributed by atoms with van der Waals surface area (Å²) in [7, 11) is 0. The van der Waals surface area contributed by atoms with Gasteiger partial charge >= 0.3 is 5.97 Å². The highest BCUT2D eigenvalue weighted by molar-refractivity contribution is 5.78. The molecule has 3 atom stereocenters. The van der Waals surface area contributed by atoms with Crippen molar-refractivity contribution in [3.05, 3.63) is 0 Å². The van der Waals surface area contributed by atoms with E-state index in [1.807, 2.05) is 0 Å². The Kier molecular flexibility index (Phi) is 1.20. The van der Waals surface area contributed by atoms with Gasteiger partial charge in [0, 0.05) is 5.92 Å². The largest absolute Gasteiger partial charge is 0.461 e. The summed E-state index contributed by atoms with van der Waals surface area (Å²) >= 11 is 0. The van der Waals surface area contributed by atoms with Crippen molar-refractivity contribution in [1.82, 2.24) is 0 Å². The quantitative estimate of drug-likeness (QED) is 0.484. The minimum Gasteiger partial charge on any atom is -0.461 e. The van der Waals surface area contributed by atoms with Gasteiger partial charge in [0.15, 0.2) is 0 Å². The molecule has 3 nitrogen and oxygen atoms in total. The van der Waals surface area contributed by atoms with Gasteiger partial charge < -0.3 is 10.5 Å². The number of carbonyl (C=O) groups is 1. The molecule has 2 rings (SSSR count). The van der Waals surface area contributed by atoms with Crippen LogP contribution in [0.4, 0.5) is 0 Å². The lowest BCUT2D eigenvalue weighted by Gasteiger charge is -2.06. The van der Waals surface area contributed by atoms with Crippen LogP contribution < -0.4 is 5.73 Å². The Morgan fingerprint density at radius 3 is 3.00 bits per heavy atom. The minimum atomic E-state index is -0.326. The molecule has 1 saturated heterocycles. The van der Waals surface area contributed by atoms with Crippen molar-refractivity contribution in [2.75, 3.05) is 0 Å². The van der Waals surface area contributed by atoms with Gasteiger partial charge in [-0.05, 0) is 19.3 Å². The van der Waals surface area contributed by atoms with E-state index >= 15 is 0 Å². The first-order valence-electron chi connectivity index (χ1n) is 3.75. The Labute approximate surface area is 59.5 Å². The average molecular weight is 141 g/mol. The van der Waals surface area contributed by atoms with Crippen LogP contribution in [-0.4, -0.2) is 18.1 Å². The highest BCUT2D eigenvalue weighted by Crippen LogP contribution is 2.35. The summed E-state index contributed by atoms with van der Waals surface area (Å²) < 4.78 is 5.03. The predicted molar refractivity (Wildman–Crippen MR) is 35.2 cm³/mol. The highest BCUT2D eigenvalue weighted by Gasteiger charge is 2.44. The van der Waals surface area contributed by atoms with Gasteiger partial charge in [0.05, 0.1) is 0 Å². The minimum absolute atomic E-state index is 0.155. The van der Waals surface area contributed by atoms with E-state index in [0.29, 0.717) is 5.92 Å². The molecule has 2 fully saturated rings. The molecule has 0 spiro atoms. The van der Waals surface area contributed by atoms with Crippen molar-refractivity contribution in [3.8, 4) is 0 Å². The van der Waals surface area contributed by atoms with E-state index in [1.54, 1.807) is 0 Å². The zero-order chi connectivity index (χ0) is 7.14. The van der Waals surface area contributed by atoms with Crippen LogP contribution in [-0.2, 0) is 9.53 Å². The van der Waals surface area contributed by atoms with E-state index in [1.165, 1.54) is 0 Å². The van der Waals surface area contributed by atoms with E-state index in [9.17, 15) is 4.79 Å². The molecule has 0 unspecified atom stereocenters. The van der Waals surface area contributed by atoms with Crippen molar-refractivity contribution in [2.45, 2.75) is 31.4 Å². The second-order valence-corrected chi connectivity index (χ2v) is 3.10. The summed E-state index contributed by atoms with van der Waals surface area (Å²) in [4.78, 5) is 10.8. The van der Waals surface area contributed by atoms with Crippen molar-refractivity contribution in [1.29, 1.82) is 0 Å². The molecule has 0 amide bonds. The van der Waals surface area contributed by atoms with Crippen molar-refractivity contribution < 1.29 is 9.53 Å². The van der Waals surface area contributed by atoms with E-state index in [2.05, 4.69) is 0 Å². The molecule has 1 heterocycles. The topological polar surface area (TPSA) is 52.3 Å². The van der Waals surface area contributed by atoms with Crippen LogP contribution in [0.5, 0.6) is 0 Å². The molecule has 0 aromatic rings. The molecule has 2 aliphatic rings. The third kappa shape index (κ3) is 0.669. The number of ether oxygens (including phenoxy) is 1. The second-order valence-electron chi connectivity index (χ2n) is 3.10. The van der Waals surface area contributed by atoms with Crippen LogP contribution in [0.15, 0.2) is 0 Å². The second kappa shape index (κ2) is 1.95. The van der Waals surface area contributed by atoms with Crippen LogP contribution in [0.2, 0.25) is 0 Å². The average Bonchev–Trinajstić information content (AvgIpc) is 2.41. The lowest BCUT2D eigenvalue weighted by molar-refractivity contribution is -0.142. The lowest BCUT2D eigenvalue weighted by atomic mass is 10.0. The Balaban J connectivity index is 2.16. The zero-order valence-electron chi connectivity index (χ0n) is 5.75. The van der Waals surface area contributed by atoms with E-state index in [-0.39, 0.29) is 18.1 Å². The molecule has 3 heteroatoms. The molecule has 0 radical (unpaired) electrons. The molecule has 1 aliphatic carbocycles. The third-order valence-electron chi connectivity index (χ3n) is 2.50. The molecular formula is C7H11NO2. The first kappa shape index (κ1) is 6.16. The summed E-state index contributed by atoms with van der Waals surface area (Å²) in [5.41, 5.74) is 5.59. The summed E-state index contributed by atoms with van der Waals surface area (Å²) in [5, 5.41) is 0. The maximum absolute atomic E-state index is 10.8. The third-order valence-corrected chi connectivity index (χ3v) is 2.50. The van der Waals surface area contributed by atoms with Crippen LogP contribution >= 0.6 is 0 Å². The molecule has 56 valence electrons. The lowest BCUT2D eigenvalue weighted by Crippen LogP contribution is -2.31. The molecule has 2 N–H and O–H groups in total. The number of fused-ring (bicyclic) bond motifs is 1. The molecule has 10 heavy (non-hydrogen) atoms. The first-order valence-corrected chi connectivity index (χ1v) is 3.75. The van der Waals surface area contributed by atoms with Crippen LogP contribution in [0.1, 0.15) is 19.3 Å². The summed E-state index contributed by atoms with van der Waals surface area (Å²) in [6.07, 6.45) is 3.40. The fraction of sp³-hybridized carbons (Fsp3) is 0.857. The Hall–Kier alpha value is -0.570. The molecule has 0 aromatic heterocycles. The fourth-order valence-corrected chi connectivity index (χ4v) is 1.91. The van der Waals surface area contributed by atoms with Crippen molar-refractivity contribution in [3.63, 3.8) is 0 Å². The van der Waals surface area contributed by atoms with Crippen molar-refractivity contribution >= 4 is 5.97 Å². The number of hydrogen-bond acceptors (Lipinski definition) is 3. The first-order chi connectivity index (χ1) is 4.79. The number of esters is 1. The molecule has 1 aliphatic heterocycles. The predicted octanol–water partition coefficient (Wildman–Crippen LogP) is 0.0392. The monoisotopic (exact) mass is 141 g/mol. The Morgan fingerprint density at radius 2 is 2.30 bits per heavy atom. The molecule has 0 aromatic carbocycles. The van der Waals surface area contributed by atoms with E-state index in [4.69, 9.17) is 10.5 Å². The van der Waals surface area contributed by atoms with Gasteiger partial charge in [-0.3, -0.25) is 4.79 Å². The standard InChI is InChI=1S/C7H11NO2/c8-6-4-2-1-3-5(4)10-7(6)9/h4-6H,1-3,8H2/t4-,5+,6-/m1/s1. The SMILES string of the molecule is N[C@H]1C(=O)O[C@H]2CCC[C@H]21. The van der Waals surface area contributed by atoms with Crippen LogP contribution in [0, 0.1) is 5.92 Å². The van der Waals surface area contributed by atoms with E-state index in [0.717, 1.165) is 19.3 Å². The van der Waals surface area contributed by atoms with Gasteiger partial charge in [-0.15, -0.1) is 0 Å².